The van der Waals surface area contributed by atoms with Crippen molar-refractivity contribution in [2.24, 2.45) is 0 Å². The third-order valence-corrected chi connectivity index (χ3v) is 3.64. The lowest BCUT2D eigenvalue weighted by Crippen LogP contribution is -2.27. The van der Waals surface area contributed by atoms with Crippen LogP contribution in [-0.4, -0.2) is 19.5 Å². The lowest BCUT2D eigenvalue weighted by molar-refractivity contribution is -0.120. The van der Waals surface area contributed by atoms with E-state index in [9.17, 15) is 4.79 Å². The van der Waals surface area contributed by atoms with E-state index >= 15 is 0 Å². The minimum absolute atomic E-state index is 0.101. The van der Waals surface area contributed by atoms with E-state index in [0.29, 0.717) is 12.5 Å². The lowest BCUT2D eigenvalue weighted by atomic mass is 9.99. The van der Waals surface area contributed by atoms with Gasteiger partial charge in [0.25, 0.3) is 0 Å². The molecule has 1 aliphatic rings. The van der Waals surface area contributed by atoms with Crippen molar-refractivity contribution in [1.82, 2.24) is 10.6 Å². The van der Waals surface area contributed by atoms with Gasteiger partial charge in [0.05, 0.1) is 0 Å². The van der Waals surface area contributed by atoms with E-state index in [1.54, 1.807) is 7.05 Å². The predicted molar refractivity (Wildman–Crippen MR) is 73.4 cm³/mol. The first-order valence-corrected chi connectivity index (χ1v) is 6.83. The SMILES string of the molecule is CNC(=O)CCNC1CCCCc2ccccc21. The second-order valence-electron chi connectivity index (χ2n) is 4.87. The molecule has 1 unspecified atom stereocenters. The quantitative estimate of drug-likeness (QED) is 0.800. The van der Waals surface area contributed by atoms with E-state index in [1.165, 1.54) is 36.8 Å². The van der Waals surface area contributed by atoms with Gasteiger partial charge in [-0.15, -0.1) is 0 Å². The zero-order valence-electron chi connectivity index (χ0n) is 11.0. The highest BCUT2D eigenvalue weighted by Gasteiger charge is 2.17. The van der Waals surface area contributed by atoms with Crippen molar-refractivity contribution >= 4 is 5.91 Å². The standard InChI is InChI=1S/C15H22N2O/c1-16-15(18)10-11-17-14-9-5-3-7-12-6-2-4-8-13(12)14/h2,4,6,8,14,17H,3,5,7,9-11H2,1H3,(H,16,18). The van der Waals surface area contributed by atoms with Crippen LogP contribution in [0.5, 0.6) is 0 Å². The number of amides is 1. The third-order valence-electron chi connectivity index (χ3n) is 3.64. The Labute approximate surface area is 109 Å². The minimum atomic E-state index is 0.101. The molecule has 3 heteroatoms. The summed E-state index contributed by atoms with van der Waals surface area (Å²) in [7, 11) is 1.68. The van der Waals surface area contributed by atoms with Crippen LogP contribution in [0.2, 0.25) is 0 Å². The molecule has 2 N–H and O–H groups in total. The molecule has 1 aromatic rings. The highest BCUT2D eigenvalue weighted by Crippen LogP contribution is 2.28. The fourth-order valence-electron chi connectivity index (χ4n) is 2.62. The number of hydrogen-bond donors (Lipinski definition) is 2. The largest absolute Gasteiger partial charge is 0.359 e. The minimum Gasteiger partial charge on any atom is -0.359 e. The number of aryl methyl sites for hydroxylation is 1. The molecule has 1 amide bonds. The van der Waals surface area contributed by atoms with Crippen molar-refractivity contribution in [2.75, 3.05) is 13.6 Å². The van der Waals surface area contributed by atoms with Gasteiger partial charge in [-0.25, -0.2) is 0 Å². The topological polar surface area (TPSA) is 41.1 Å². The Morgan fingerprint density at radius 3 is 3.00 bits per heavy atom. The van der Waals surface area contributed by atoms with Crippen molar-refractivity contribution < 1.29 is 4.79 Å². The summed E-state index contributed by atoms with van der Waals surface area (Å²) in [6.07, 6.45) is 5.43. The van der Waals surface area contributed by atoms with Crippen molar-refractivity contribution in [3.8, 4) is 0 Å². The number of carbonyl (C=O) groups is 1. The van der Waals surface area contributed by atoms with Crippen LogP contribution in [0.4, 0.5) is 0 Å². The maximum Gasteiger partial charge on any atom is 0.221 e. The van der Waals surface area contributed by atoms with Crippen molar-refractivity contribution in [1.29, 1.82) is 0 Å². The predicted octanol–water partition coefficient (Wildman–Crippen LogP) is 2.18. The first kappa shape index (κ1) is 13.1. The lowest BCUT2D eigenvalue weighted by Gasteiger charge is -2.19. The van der Waals surface area contributed by atoms with Gasteiger partial charge in [-0.2, -0.15) is 0 Å². The molecule has 18 heavy (non-hydrogen) atoms. The van der Waals surface area contributed by atoms with Gasteiger partial charge in [-0.3, -0.25) is 4.79 Å². The van der Waals surface area contributed by atoms with Gasteiger partial charge in [-0.05, 0) is 30.4 Å². The van der Waals surface area contributed by atoms with Gasteiger partial charge < -0.3 is 10.6 Å². The summed E-state index contributed by atoms with van der Waals surface area (Å²) >= 11 is 0. The van der Waals surface area contributed by atoms with E-state index in [0.717, 1.165) is 6.54 Å². The zero-order valence-corrected chi connectivity index (χ0v) is 11.0. The molecule has 0 aromatic heterocycles. The van der Waals surface area contributed by atoms with Crippen LogP contribution in [-0.2, 0) is 11.2 Å². The van der Waals surface area contributed by atoms with E-state index in [2.05, 4.69) is 34.9 Å². The Morgan fingerprint density at radius 2 is 2.17 bits per heavy atom. The Balaban J connectivity index is 1.97. The molecule has 2 rings (SSSR count). The van der Waals surface area contributed by atoms with Crippen LogP contribution in [0, 0.1) is 0 Å². The molecule has 0 bridgehead atoms. The molecule has 0 spiro atoms. The molecule has 0 saturated heterocycles. The summed E-state index contributed by atoms with van der Waals surface area (Å²) in [5.41, 5.74) is 2.89. The van der Waals surface area contributed by atoms with Gasteiger partial charge in [0.15, 0.2) is 0 Å². The van der Waals surface area contributed by atoms with Crippen LogP contribution in [0.3, 0.4) is 0 Å². The van der Waals surface area contributed by atoms with Crippen molar-refractivity contribution in [2.45, 2.75) is 38.1 Å². The maximum atomic E-state index is 11.2. The molecule has 0 aliphatic heterocycles. The fraction of sp³-hybridized carbons (Fsp3) is 0.533. The molecule has 98 valence electrons. The van der Waals surface area contributed by atoms with E-state index in [4.69, 9.17) is 0 Å². The monoisotopic (exact) mass is 246 g/mol. The summed E-state index contributed by atoms with van der Waals surface area (Å²) in [6, 6.07) is 9.09. The Hall–Kier alpha value is -1.35. The highest BCUT2D eigenvalue weighted by molar-refractivity contribution is 5.75. The van der Waals surface area contributed by atoms with Gasteiger partial charge in [0.1, 0.15) is 0 Å². The van der Waals surface area contributed by atoms with E-state index in [-0.39, 0.29) is 5.91 Å². The van der Waals surface area contributed by atoms with Crippen molar-refractivity contribution in [3.05, 3.63) is 35.4 Å². The Bertz CT molecular complexity index is 403. The second-order valence-corrected chi connectivity index (χ2v) is 4.87. The highest BCUT2D eigenvalue weighted by atomic mass is 16.1. The average Bonchev–Trinajstić information content (AvgIpc) is 2.61. The van der Waals surface area contributed by atoms with Crippen LogP contribution >= 0.6 is 0 Å². The van der Waals surface area contributed by atoms with Crippen LogP contribution < -0.4 is 10.6 Å². The summed E-state index contributed by atoms with van der Waals surface area (Å²) in [4.78, 5) is 11.2. The molecule has 1 aliphatic carbocycles. The van der Waals surface area contributed by atoms with Crippen LogP contribution in [0.25, 0.3) is 0 Å². The summed E-state index contributed by atoms with van der Waals surface area (Å²) in [5, 5.41) is 6.18. The Kier molecular flexibility index (Phi) is 4.76. The number of fused-ring (bicyclic) bond motifs is 1. The smallest absolute Gasteiger partial charge is 0.221 e. The maximum absolute atomic E-state index is 11.2. The second kappa shape index (κ2) is 6.55. The van der Waals surface area contributed by atoms with E-state index < -0.39 is 0 Å². The van der Waals surface area contributed by atoms with E-state index in [1.807, 2.05) is 0 Å². The molecule has 3 nitrogen and oxygen atoms in total. The van der Waals surface area contributed by atoms with Gasteiger partial charge >= 0.3 is 0 Å². The average molecular weight is 246 g/mol. The molecule has 0 saturated carbocycles. The molecule has 0 fully saturated rings. The molecular weight excluding hydrogens is 224 g/mol. The first-order chi connectivity index (χ1) is 8.81. The fourth-order valence-corrected chi connectivity index (χ4v) is 2.62. The Morgan fingerprint density at radius 1 is 1.33 bits per heavy atom. The number of benzene rings is 1. The number of rotatable bonds is 4. The third kappa shape index (κ3) is 3.33. The van der Waals surface area contributed by atoms with Crippen molar-refractivity contribution in [3.63, 3.8) is 0 Å². The van der Waals surface area contributed by atoms with Crippen LogP contribution in [0.15, 0.2) is 24.3 Å². The number of carbonyl (C=O) groups excluding carboxylic acids is 1. The molecular formula is C15H22N2O. The molecule has 1 aromatic carbocycles. The normalized spacial score (nSPS) is 18.8. The first-order valence-electron chi connectivity index (χ1n) is 6.83. The zero-order chi connectivity index (χ0) is 12.8. The summed E-state index contributed by atoms with van der Waals surface area (Å²) < 4.78 is 0. The summed E-state index contributed by atoms with van der Waals surface area (Å²) in [6.45, 7) is 0.749. The molecule has 0 radical (unpaired) electrons. The van der Waals surface area contributed by atoms with Crippen LogP contribution in [0.1, 0.15) is 42.9 Å². The van der Waals surface area contributed by atoms with Gasteiger partial charge in [0.2, 0.25) is 5.91 Å². The summed E-state index contributed by atoms with van der Waals surface area (Å²) in [5.74, 6) is 0.101. The van der Waals surface area contributed by atoms with Gasteiger partial charge in [0, 0.05) is 26.1 Å². The number of nitrogens with one attached hydrogen (secondary N) is 2. The molecule has 1 atom stereocenters. The van der Waals surface area contributed by atoms with Gasteiger partial charge in [-0.1, -0.05) is 30.7 Å². The number of hydrogen-bond acceptors (Lipinski definition) is 2. The molecule has 0 heterocycles.